The third-order valence-corrected chi connectivity index (χ3v) is 8.63. The van der Waals surface area contributed by atoms with Crippen molar-refractivity contribution in [3.8, 4) is 11.1 Å². The van der Waals surface area contributed by atoms with Gasteiger partial charge in [0.05, 0.1) is 11.4 Å². The SMILES string of the molecule is C=C1C2=C(\C=C/N(c3ccc(-c4ccc(N(c5ccccc5)c5ccccc5)cc4)cc3)c3ccccc31)C(/C=C\C=C/C)=N\C=C/C=C\2. The monoisotopic (exact) mass is 631 g/mol. The minimum absolute atomic E-state index is 0.877. The Morgan fingerprint density at radius 1 is 0.612 bits per heavy atom. The summed E-state index contributed by atoms with van der Waals surface area (Å²) in [5.41, 5.74) is 12.8. The van der Waals surface area contributed by atoms with Crippen LogP contribution in [0.2, 0.25) is 0 Å². The van der Waals surface area contributed by atoms with Crippen LogP contribution in [-0.2, 0) is 0 Å². The molecule has 49 heavy (non-hydrogen) atoms. The van der Waals surface area contributed by atoms with Gasteiger partial charge in [-0.3, -0.25) is 4.99 Å². The van der Waals surface area contributed by atoms with Crippen molar-refractivity contribution in [1.82, 2.24) is 0 Å². The lowest BCUT2D eigenvalue weighted by Crippen LogP contribution is -2.14. The fraction of sp³-hybridized carbons (Fsp3) is 0.0217. The number of hydrogen-bond donors (Lipinski definition) is 0. The van der Waals surface area contributed by atoms with Crippen LogP contribution in [0.1, 0.15) is 12.5 Å². The Hall–Kier alpha value is -6.45. The molecule has 0 bridgehead atoms. The second-order valence-electron chi connectivity index (χ2n) is 11.7. The maximum absolute atomic E-state index is 4.79. The predicted octanol–water partition coefficient (Wildman–Crippen LogP) is 12.5. The lowest BCUT2D eigenvalue weighted by Gasteiger charge is -2.28. The van der Waals surface area contributed by atoms with Gasteiger partial charge in [0.1, 0.15) is 0 Å². The third-order valence-electron chi connectivity index (χ3n) is 8.63. The molecule has 0 atom stereocenters. The number of anilines is 5. The van der Waals surface area contributed by atoms with Gasteiger partial charge < -0.3 is 9.80 Å². The summed E-state index contributed by atoms with van der Waals surface area (Å²) in [6.45, 7) is 6.60. The second-order valence-corrected chi connectivity index (χ2v) is 11.7. The van der Waals surface area contributed by atoms with E-state index in [0.29, 0.717) is 0 Å². The molecule has 0 unspecified atom stereocenters. The molecule has 0 aliphatic carbocycles. The number of nitrogens with zero attached hydrogens (tertiary/aromatic N) is 3. The van der Waals surface area contributed by atoms with E-state index in [1.165, 1.54) is 0 Å². The van der Waals surface area contributed by atoms with Crippen molar-refractivity contribution >= 4 is 39.7 Å². The molecule has 2 aliphatic heterocycles. The minimum atomic E-state index is 0.877. The number of hydrogen-bond acceptors (Lipinski definition) is 3. The molecule has 2 aliphatic rings. The van der Waals surface area contributed by atoms with E-state index in [-0.39, 0.29) is 0 Å². The Morgan fingerprint density at radius 2 is 1.22 bits per heavy atom. The molecule has 0 N–H and O–H groups in total. The number of allylic oxidation sites excluding steroid dienone is 11. The van der Waals surface area contributed by atoms with Crippen molar-refractivity contribution in [2.24, 2.45) is 4.99 Å². The summed E-state index contributed by atoms with van der Waals surface area (Å²) in [7, 11) is 0. The van der Waals surface area contributed by atoms with E-state index in [1.54, 1.807) is 0 Å². The quantitative estimate of drug-likeness (QED) is 0.166. The Balaban J connectivity index is 1.22. The fourth-order valence-electron chi connectivity index (χ4n) is 6.21. The highest BCUT2D eigenvalue weighted by Gasteiger charge is 2.21. The molecule has 0 aromatic heterocycles. The Morgan fingerprint density at radius 3 is 1.90 bits per heavy atom. The maximum atomic E-state index is 4.79. The average molecular weight is 632 g/mol. The van der Waals surface area contributed by atoms with Crippen molar-refractivity contribution in [2.45, 2.75) is 6.92 Å². The molecular weight excluding hydrogens is 595 g/mol. The van der Waals surface area contributed by atoms with Crippen LogP contribution in [0.4, 0.5) is 28.4 Å². The smallest absolute Gasteiger partial charge is 0.0708 e. The molecule has 2 heterocycles. The Bertz CT molecular complexity index is 2120. The standard InChI is InChI=1S/C46H37N3/c1-3-4-7-22-45-44-32-34-48(46-23-13-12-21-43(46)35(2)42(44)20-14-15-33-47-45)38-28-24-36(25-29-38)37-26-30-41(31-27-37)49(39-16-8-5-9-17-39)40-18-10-6-11-19-40/h3-34H,2H2,1H3/b4-3-,15-14?,20-14-,22-7-,33-15-,34-32-,42-20?,44-42+,45-44?,47-33?,47-45-. The zero-order valence-electron chi connectivity index (χ0n) is 27.5. The molecule has 236 valence electrons. The Labute approximate surface area is 289 Å². The predicted molar refractivity (Wildman–Crippen MR) is 210 cm³/mol. The molecular formula is C46H37N3. The van der Waals surface area contributed by atoms with Gasteiger partial charge in [0.25, 0.3) is 0 Å². The van der Waals surface area contributed by atoms with E-state index in [0.717, 1.165) is 67.6 Å². The van der Waals surface area contributed by atoms with Crippen LogP contribution < -0.4 is 9.80 Å². The lowest BCUT2D eigenvalue weighted by molar-refractivity contribution is 1.26. The molecule has 0 amide bonds. The normalized spacial score (nSPS) is 18.8. The summed E-state index contributed by atoms with van der Waals surface area (Å²) < 4.78 is 0. The molecule has 5 aromatic carbocycles. The van der Waals surface area contributed by atoms with Gasteiger partial charge in [-0.15, -0.1) is 0 Å². The summed E-state index contributed by atoms with van der Waals surface area (Å²) in [6.07, 6.45) is 20.3. The van der Waals surface area contributed by atoms with E-state index in [1.807, 2.05) is 49.6 Å². The first-order chi connectivity index (χ1) is 24.2. The van der Waals surface area contributed by atoms with E-state index < -0.39 is 0 Å². The first-order valence-corrected chi connectivity index (χ1v) is 16.5. The van der Waals surface area contributed by atoms with Gasteiger partial charge in [-0.1, -0.05) is 116 Å². The average Bonchev–Trinajstić information content (AvgIpc) is 3.15. The van der Waals surface area contributed by atoms with Crippen LogP contribution in [0.15, 0.2) is 217 Å². The molecule has 0 fully saturated rings. The van der Waals surface area contributed by atoms with Crippen LogP contribution >= 0.6 is 0 Å². The van der Waals surface area contributed by atoms with Crippen molar-refractivity contribution < 1.29 is 0 Å². The van der Waals surface area contributed by atoms with Crippen molar-refractivity contribution in [3.05, 3.63) is 218 Å². The third kappa shape index (κ3) is 6.69. The van der Waals surface area contributed by atoms with Gasteiger partial charge >= 0.3 is 0 Å². The van der Waals surface area contributed by atoms with E-state index in [4.69, 9.17) is 4.99 Å². The van der Waals surface area contributed by atoms with Gasteiger partial charge in [-0.25, -0.2) is 0 Å². The molecule has 5 aromatic rings. The van der Waals surface area contributed by atoms with Crippen LogP contribution in [-0.4, -0.2) is 5.71 Å². The minimum Gasteiger partial charge on any atom is -0.317 e. The van der Waals surface area contributed by atoms with Crippen LogP contribution in [0.5, 0.6) is 0 Å². The molecule has 3 nitrogen and oxygen atoms in total. The maximum Gasteiger partial charge on any atom is 0.0708 e. The van der Waals surface area contributed by atoms with Crippen molar-refractivity contribution in [1.29, 1.82) is 0 Å². The molecule has 0 saturated carbocycles. The van der Waals surface area contributed by atoms with Crippen molar-refractivity contribution in [2.75, 3.05) is 9.80 Å². The highest BCUT2D eigenvalue weighted by molar-refractivity contribution is 6.14. The fourth-order valence-corrected chi connectivity index (χ4v) is 6.21. The van der Waals surface area contributed by atoms with Crippen LogP contribution in [0, 0.1) is 0 Å². The molecule has 7 rings (SSSR count). The molecule has 0 saturated heterocycles. The molecule has 0 radical (unpaired) electrons. The van der Waals surface area contributed by atoms with E-state index >= 15 is 0 Å². The van der Waals surface area contributed by atoms with Gasteiger partial charge in [0.2, 0.25) is 0 Å². The van der Waals surface area contributed by atoms with Crippen LogP contribution in [0.25, 0.3) is 16.7 Å². The summed E-state index contributed by atoms with van der Waals surface area (Å²) in [5.74, 6) is 0. The summed E-state index contributed by atoms with van der Waals surface area (Å²) in [5, 5.41) is 0. The Kier molecular flexibility index (Phi) is 9.25. The number of para-hydroxylation sites is 3. The largest absolute Gasteiger partial charge is 0.317 e. The summed E-state index contributed by atoms with van der Waals surface area (Å²) in [6, 6.07) is 47.0. The molecule has 0 spiro atoms. The van der Waals surface area contributed by atoms with Gasteiger partial charge in [-0.05, 0) is 102 Å². The van der Waals surface area contributed by atoms with Crippen molar-refractivity contribution in [3.63, 3.8) is 0 Å². The molecule has 3 heteroatoms. The lowest BCUT2D eigenvalue weighted by atomic mass is 9.89. The highest BCUT2D eigenvalue weighted by atomic mass is 15.1. The summed E-state index contributed by atoms with van der Waals surface area (Å²) >= 11 is 0. The summed E-state index contributed by atoms with van der Waals surface area (Å²) in [4.78, 5) is 9.30. The van der Waals surface area contributed by atoms with E-state index in [2.05, 4.69) is 168 Å². The number of aliphatic imine (C=N–C) groups is 1. The highest BCUT2D eigenvalue weighted by Crippen LogP contribution is 2.40. The van der Waals surface area contributed by atoms with Gasteiger partial charge in [0, 0.05) is 46.3 Å². The van der Waals surface area contributed by atoms with Crippen LogP contribution in [0.3, 0.4) is 0 Å². The number of rotatable bonds is 7. The first-order valence-electron chi connectivity index (χ1n) is 16.5. The van der Waals surface area contributed by atoms with Gasteiger partial charge in [0.15, 0.2) is 0 Å². The first kappa shape index (κ1) is 31.2. The van der Waals surface area contributed by atoms with Gasteiger partial charge in [-0.2, -0.15) is 0 Å². The number of fused-ring (bicyclic) bond motifs is 1. The second kappa shape index (κ2) is 14.5. The zero-order chi connectivity index (χ0) is 33.4. The van der Waals surface area contributed by atoms with E-state index in [9.17, 15) is 0 Å². The number of benzene rings is 5. The zero-order valence-corrected chi connectivity index (χ0v) is 27.5. The topological polar surface area (TPSA) is 18.8 Å².